The predicted octanol–water partition coefficient (Wildman–Crippen LogP) is 2.01. The smallest absolute Gasteiger partial charge is 0.227 e. The summed E-state index contributed by atoms with van der Waals surface area (Å²) in [6.07, 6.45) is 3.54. The van der Waals surface area contributed by atoms with Gasteiger partial charge in [-0.05, 0) is 32.1 Å². The molecule has 2 N–H and O–H groups in total. The van der Waals surface area contributed by atoms with E-state index in [9.17, 15) is 4.79 Å². The van der Waals surface area contributed by atoms with Crippen molar-refractivity contribution >= 4 is 5.91 Å². The second kappa shape index (κ2) is 5.67. The van der Waals surface area contributed by atoms with Crippen molar-refractivity contribution in [2.75, 3.05) is 6.54 Å². The van der Waals surface area contributed by atoms with Crippen LogP contribution in [0.4, 0.5) is 0 Å². The van der Waals surface area contributed by atoms with Crippen molar-refractivity contribution in [3.8, 4) is 0 Å². The summed E-state index contributed by atoms with van der Waals surface area (Å²) < 4.78 is 0. The molecule has 3 heteroatoms. The van der Waals surface area contributed by atoms with Crippen LogP contribution in [0.1, 0.15) is 47.0 Å². The van der Waals surface area contributed by atoms with E-state index < -0.39 is 0 Å². The van der Waals surface area contributed by atoms with Crippen molar-refractivity contribution in [3.63, 3.8) is 0 Å². The maximum absolute atomic E-state index is 12.3. The number of hydrogen-bond acceptors (Lipinski definition) is 2. The van der Waals surface area contributed by atoms with Gasteiger partial charge in [-0.25, -0.2) is 0 Å². The monoisotopic (exact) mass is 226 g/mol. The molecule has 1 aliphatic rings. The molecule has 94 valence electrons. The fourth-order valence-corrected chi connectivity index (χ4v) is 2.41. The standard InChI is InChI=1S/C13H26N2O/c1-9(2)12-7-5-6-8-15(12)13(16)10(3)11(4)14/h9-12H,5-8,14H2,1-4H3. The molecule has 0 aromatic rings. The van der Waals surface area contributed by atoms with Gasteiger partial charge in [0.25, 0.3) is 0 Å². The Morgan fingerprint density at radius 3 is 2.38 bits per heavy atom. The fourth-order valence-electron chi connectivity index (χ4n) is 2.41. The number of piperidine rings is 1. The van der Waals surface area contributed by atoms with Crippen molar-refractivity contribution in [2.24, 2.45) is 17.6 Å². The van der Waals surface area contributed by atoms with Crippen molar-refractivity contribution in [1.82, 2.24) is 4.90 Å². The minimum Gasteiger partial charge on any atom is -0.339 e. The zero-order chi connectivity index (χ0) is 12.3. The molecule has 0 aromatic carbocycles. The fraction of sp³-hybridized carbons (Fsp3) is 0.923. The second-order valence-electron chi connectivity index (χ2n) is 5.49. The van der Waals surface area contributed by atoms with E-state index in [0.717, 1.165) is 19.4 Å². The number of rotatable bonds is 3. The van der Waals surface area contributed by atoms with Gasteiger partial charge in [-0.15, -0.1) is 0 Å². The van der Waals surface area contributed by atoms with E-state index in [4.69, 9.17) is 5.73 Å². The first-order valence-corrected chi connectivity index (χ1v) is 6.51. The summed E-state index contributed by atoms with van der Waals surface area (Å²) in [6, 6.07) is 0.365. The molecule has 3 nitrogen and oxygen atoms in total. The molecule has 16 heavy (non-hydrogen) atoms. The number of hydrogen-bond donors (Lipinski definition) is 1. The van der Waals surface area contributed by atoms with Crippen LogP contribution in [0.25, 0.3) is 0 Å². The van der Waals surface area contributed by atoms with E-state index in [2.05, 4.69) is 18.7 Å². The molecule has 1 amide bonds. The Labute approximate surface area is 99.4 Å². The quantitative estimate of drug-likeness (QED) is 0.800. The van der Waals surface area contributed by atoms with Crippen LogP contribution in [0, 0.1) is 11.8 Å². The van der Waals surface area contributed by atoms with Crippen molar-refractivity contribution < 1.29 is 4.79 Å². The van der Waals surface area contributed by atoms with E-state index in [0.29, 0.717) is 12.0 Å². The van der Waals surface area contributed by atoms with E-state index in [1.807, 2.05) is 13.8 Å². The summed E-state index contributed by atoms with van der Waals surface area (Å²) in [4.78, 5) is 14.4. The zero-order valence-corrected chi connectivity index (χ0v) is 11.1. The minimum atomic E-state index is -0.0562. The van der Waals surface area contributed by atoms with Crippen LogP contribution in [-0.4, -0.2) is 29.4 Å². The molecule has 0 bridgehead atoms. The molecule has 1 heterocycles. The third-order valence-electron chi connectivity index (χ3n) is 3.78. The molecule has 0 aliphatic carbocycles. The summed E-state index contributed by atoms with van der Waals surface area (Å²) in [5.41, 5.74) is 5.82. The predicted molar refractivity (Wildman–Crippen MR) is 67.0 cm³/mol. The number of carbonyl (C=O) groups is 1. The Bertz CT molecular complexity index is 238. The molecular formula is C13H26N2O. The number of carbonyl (C=O) groups excluding carboxylic acids is 1. The van der Waals surface area contributed by atoms with Gasteiger partial charge in [-0.2, -0.15) is 0 Å². The van der Waals surface area contributed by atoms with E-state index >= 15 is 0 Å². The summed E-state index contributed by atoms with van der Waals surface area (Å²) in [6.45, 7) is 9.17. The molecule has 0 saturated carbocycles. The Morgan fingerprint density at radius 1 is 1.25 bits per heavy atom. The normalized spacial score (nSPS) is 25.6. The molecule has 1 rings (SSSR count). The number of amides is 1. The molecule has 0 aromatic heterocycles. The highest BCUT2D eigenvalue weighted by molar-refractivity contribution is 5.79. The first-order valence-electron chi connectivity index (χ1n) is 6.51. The highest BCUT2D eigenvalue weighted by Gasteiger charge is 2.32. The van der Waals surface area contributed by atoms with Gasteiger partial charge in [-0.3, -0.25) is 4.79 Å². The summed E-state index contributed by atoms with van der Waals surface area (Å²) >= 11 is 0. The molecule has 1 aliphatic heterocycles. The number of nitrogens with zero attached hydrogens (tertiary/aromatic N) is 1. The van der Waals surface area contributed by atoms with Gasteiger partial charge in [0, 0.05) is 18.6 Å². The van der Waals surface area contributed by atoms with E-state index in [1.165, 1.54) is 6.42 Å². The Morgan fingerprint density at radius 2 is 1.88 bits per heavy atom. The molecule has 0 spiro atoms. The van der Waals surface area contributed by atoms with Gasteiger partial charge in [0.15, 0.2) is 0 Å². The maximum Gasteiger partial charge on any atom is 0.227 e. The minimum absolute atomic E-state index is 0.0535. The van der Waals surface area contributed by atoms with E-state index in [-0.39, 0.29) is 17.9 Å². The van der Waals surface area contributed by atoms with Crippen LogP contribution in [0.5, 0.6) is 0 Å². The van der Waals surface area contributed by atoms with Gasteiger partial charge in [0.05, 0.1) is 5.92 Å². The Balaban J connectivity index is 2.71. The summed E-state index contributed by atoms with van der Waals surface area (Å²) in [7, 11) is 0. The lowest BCUT2D eigenvalue weighted by Crippen LogP contribution is -2.50. The summed E-state index contributed by atoms with van der Waals surface area (Å²) in [5.74, 6) is 0.734. The molecular weight excluding hydrogens is 200 g/mol. The van der Waals surface area contributed by atoms with Gasteiger partial charge >= 0.3 is 0 Å². The van der Waals surface area contributed by atoms with Crippen molar-refractivity contribution in [1.29, 1.82) is 0 Å². The third kappa shape index (κ3) is 2.97. The number of likely N-dealkylation sites (tertiary alicyclic amines) is 1. The lowest BCUT2D eigenvalue weighted by molar-refractivity contribution is -0.140. The lowest BCUT2D eigenvalue weighted by atomic mass is 9.90. The van der Waals surface area contributed by atoms with Crippen LogP contribution >= 0.6 is 0 Å². The van der Waals surface area contributed by atoms with Crippen molar-refractivity contribution in [3.05, 3.63) is 0 Å². The van der Waals surface area contributed by atoms with Crippen LogP contribution in [0.15, 0.2) is 0 Å². The summed E-state index contributed by atoms with van der Waals surface area (Å²) in [5, 5.41) is 0. The molecule has 0 radical (unpaired) electrons. The van der Waals surface area contributed by atoms with Gasteiger partial charge in [0.1, 0.15) is 0 Å². The highest BCUT2D eigenvalue weighted by Crippen LogP contribution is 2.25. The first-order chi connectivity index (χ1) is 7.45. The molecule has 3 unspecified atom stereocenters. The largest absolute Gasteiger partial charge is 0.339 e. The van der Waals surface area contributed by atoms with Crippen molar-refractivity contribution in [2.45, 2.75) is 59.0 Å². The van der Waals surface area contributed by atoms with Crippen LogP contribution < -0.4 is 5.73 Å². The first kappa shape index (κ1) is 13.5. The van der Waals surface area contributed by atoms with Crippen LogP contribution in [-0.2, 0) is 4.79 Å². The topological polar surface area (TPSA) is 46.3 Å². The Kier molecular flexibility index (Phi) is 4.78. The zero-order valence-electron chi connectivity index (χ0n) is 11.1. The average Bonchev–Trinajstić information content (AvgIpc) is 2.26. The average molecular weight is 226 g/mol. The number of nitrogens with two attached hydrogens (primary N) is 1. The van der Waals surface area contributed by atoms with Crippen LogP contribution in [0.2, 0.25) is 0 Å². The third-order valence-corrected chi connectivity index (χ3v) is 3.78. The van der Waals surface area contributed by atoms with Crippen LogP contribution in [0.3, 0.4) is 0 Å². The second-order valence-corrected chi connectivity index (χ2v) is 5.49. The molecule has 1 fully saturated rings. The lowest BCUT2D eigenvalue weighted by Gasteiger charge is -2.40. The van der Waals surface area contributed by atoms with E-state index in [1.54, 1.807) is 0 Å². The molecule has 3 atom stereocenters. The van der Waals surface area contributed by atoms with Gasteiger partial charge in [-0.1, -0.05) is 20.8 Å². The molecule has 1 saturated heterocycles. The SMILES string of the molecule is CC(C)C1CCCCN1C(=O)C(C)C(C)N. The Hall–Kier alpha value is -0.570. The van der Waals surface area contributed by atoms with Gasteiger partial charge < -0.3 is 10.6 Å². The maximum atomic E-state index is 12.3. The highest BCUT2D eigenvalue weighted by atomic mass is 16.2. The van der Waals surface area contributed by atoms with Gasteiger partial charge in [0.2, 0.25) is 5.91 Å².